The van der Waals surface area contributed by atoms with Gasteiger partial charge in [-0.2, -0.15) is 0 Å². The maximum atomic E-state index is 12.8. The third-order valence-electron chi connectivity index (χ3n) is 4.31. The lowest BCUT2D eigenvalue weighted by molar-refractivity contribution is 0.0718. The van der Waals surface area contributed by atoms with E-state index in [2.05, 4.69) is 13.0 Å². The van der Waals surface area contributed by atoms with E-state index in [9.17, 15) is 9.59 Å². The molecule has 0 radical (unpaired) electrons. The van der Waals surface area contributed by atoms with Crippen molar-refractivity contribution in [1.29, 1.82) is 0 Å². The third-order valence-corrected chi connectivity index (χ3v) is 4.31. The largest absolute Gasteiger partial charge is 0.489 e. The first kappa shape index (κ1) is 22.2. The van der Waals surface area contributed by atoms with Crippen LogP contribution in [-0.4, -0.2) is 18.7 Å². The molecule has 6 nitrogen and oxygen atoms in total. The van der Waals surface area contributed by atoms with Gasteiger partial charge in [-0.05, 0) is 51.0 Å². The van der Waals surface area contributed by atoms with Gasteiger partial charge < -0.3 is 18.6 Å². The number of carbonyl (C=O) groups is 1. The van der Waals surface area contributed by atoms with Crippen LogP contribution in [0.2, 0.25) is 0 Å². The number of ether oxygens (including phenoxy) is 3. The zero-order valence-electron chi connectivity index (χ0n) is 17.9. The maximum absolute atomic E-state index is 12.8. The van der Waals surface area contributed by atoms with Crippen LogP contribution in [0.25, 0.3) is 11.0 Å². The number of para-hydroxylation sites is 1. The van der Waals surface area contributed by atoms with Crippen LogP contribution in [0, 0.1) is 0 Å². The molecule has 1 heterocycles. The van der Waals surface area contributed by atoms with Gasteiger partial charge >= 0.3 is 11.6 Å². The lowest BCUT2D eigenvalue weighted by atomic mass is 10.2. The van der Waals surface area contributed by atoms with E-state index < -0.39 is 11.6 Å². The summed E-state index contributed by atoms with van der Waals surface area (Å²) in [7, 11) is 0. The zero-order chi connectivity index (χ0) is 22.2. The highest BCUT2D eigenvalue weighted by Gasteiger charge is 2.23. The van der Waals surface area contributed by atoms with Crippen LogP contribution in [0.1, 0.15) is 44.0 Å². The number of hydrogen-bond donors (Lipinski definition) is 0. The average molecular weight is 422 g/mol. The summed E-state index contributed by atoms with van der Waals surface area (Å²) >= 11 is 0. The van der Waals surface area contributed by atoms with Crippen LogP contribution < -0.4 is 19.8 Å². The molecular formula is C25H26O6. The molecule has 6 heteroatoms. The van der Waals surface area contributed by atoms with Gasteiger partial charge in [0.15, 0.2) is 17.1 Å². The Bertz CT molecular complexity index is 1110. The van der Waals surface area contributed by atoms with E-state index in [0.29, 0.717) is 23.3 Å². The van der Waals surface area contributed by atoms with E-state index in [0.717, 1.165) is 12.8 Å². The van der Waals surface area contributed by atoms with Crippen molar-refractivity contribution in [3.63, 3.8) is 0 Å². The number of benzene rings is 2. The topological polar surface area (TPSA) is 75.0 Å². The fourth-order valence-electron chi connectivity index (χ4n) is 2.96. The van der Waals surface area contributed by atoms with Crippen LogP contribution >= 0.6 is 0 Å². The minimum atomic E-state index is -0.811. The molecule has 3 rings (SSSR count). The predicted octanol–water partition coefficient (Wildman–Crippen LogP) is 5.53. The van der Waals surface area contributed by atoms with Gasteiger partial charge in [0.25, 0.3) is 5.75 Å². The fraction of sp³-hybridized carbons (Fsp3) is 0.280. The van der Waals surface area contributed by atoms with Crippen molar-refractivity contribution in [3.8, 4) is 17.2 Å². The number of carbonyl (C=O) groups excluding carboxylic acids is 1. The fourth-order valence-corrected chi connectivity index (χ4v) is 2.96. The van der Waals surface area contributed by atoms with Crippen molar-refractivity contribution in [2.45, 2.75) is 39.7 Å². The van der Waals surface area contributed by atoms with Crippen molar-refractivity contribution in [3.05, 3.63) is 76.7 Å². The summed E-state index contributed by atoms with van der Waals surface area (Å²) < 4.78 is 22.6. The SMILES string of the molecule is CCC=CCCOc1cccc2c(OC(C)C)c(OC(=O)c3ccccc3)c(=O)oc12. The quantitative estimate of drug-likeness (QED) is 0.195. The number of fused-ring (bicyclic) bond motifs is 1. The van der Waals surface area contributed by atoms with Crippen LogP contribution in [0.4, 0.5) is 0 Å². The highest BCUT2D eigenvalue weighted by molar-refractivity contribution is 5.94. The summed E-state index contributed by atoms with van der Waals surface area (Å²) in [5.74, 6) is -0.370. The Labute approximate surface area is 181 Å². The van der Waals surface area contributed by atoms with E-state index >= 15 is 0 Å². The molecule has 0 unspecified atom stereocenters. The van der Waals surface area contributed by atoms with Gasteiger partial charge in [0.1, 0.15) is 0 Å². The smallest absolute Gasteiger partial charge is 0.383 e. The summed E-state index contributed by atoms with van der Waals surface area (Å²) in [4.78, 5) is 25.3. The zero-order valence-corrected chi connectivity index (χ0v) is 17.9. The van der Waals surface area contributed by atoms with E-state index in [1.165, 1.54) is 0 Å². The molecule has 162 valence electrons. The number of rotatable bonds is 9. The Morgan fingerprint density at radius 2 is 1.81 bits per heavy atom. The molecule has 0 atom stereocenters. The third kappa shape index (κ3) is 5.54. The van der Waals surface area contributed by atoms with Crippen LogP contribution in [0.3, 0.4) is 0 Å². The first-order chi connectivity index (χ1) is 15.0. The Kier molecular flexibility index (Phi) is 7.49. The number of esters is 1. The Morgan fingerprint density at radius 1 is 1.03 bits per heavy atom. The molecule has 0 amide bonds. The first-order valence-corrected chi connectivity index (χ1v) is 10.3. The van der Waals surface area contributed by atoms with E-state index in [1.807, 2.05) is 19.9 Å². The standard InChI is InChI=1S/C25H26O6/c1-4-5-6-10-16-28-20-15-11-14-19-21(20)30-25(27)23(22(19)29-17(2)3)31-24(26)18-12-8-7-9-13-18/h5-9,11-15,17H,4,10,16H2,1-3H3. The monoisotopic (exact) mass is 422 g/mol. The molecule has 0 fully saturated rings. The van der Waals surface area contributed by atoms with Crippen molar-refractivity contribution in [2.75, 3.05) is 6.61 Å². The normalized spacial score (nSPS) is 11.2. The van der Waals surface area contributed by atoms with Gasteiger partial charge in [0.2, 0.25) is 0 Å². The van der Waals surface area contributed by atoms with Gasteiger partial charge in [-0.15, -0.1) is 0 Å². The summed E-state index contributed by atoms with van der Waals surface area (Å²) in [6.45, 7) is 6.15. The molecular weight excluding hydrogens is 396 g/mol. The van der Waals surface area contributed by atoms with E-state index in [4.69, 9.17) is 18.6 Å². The second-order valence-electron chi connectivity index (χ2n) is 7.12. The van der Waals surface area contributed by atoms with Gasteiger partial charge in [-0.3, -0.25) is 0 Å². The Balaban J connectivity index is 2.01. The lowest BCUT2D eigenvalue weighted by Gasteiger charge is -2.16. The number of allylic oxidation sites excluding steroid dienone is 1. The molecule has 2 aromatic carbocycles. The Hall–Kier alpha value is -3.54. The molecule has 0 N–H and O–H groups in total. The second kappa shape index (κ2) is 10.5. The van der Waals surface area contributed by atoms with Crippen molar-refractivity contribution < 1.29 is 23.4 Å². The van der Waals surface area contributed by atoms with Crippen LogP contribution in [0.15, 0.2) is 69.9 Å². The van der Waals surface area contributed by atoms with Crippen LogP contribution in [0.5, 0.6) is 17.2 Å². The maximum Gasteiger partial charge on any atom is 0.383 e. The molecule has 0 aliphatic carbocycles. The van der Waals surface area contributed by atoms with Gasteiger partial charge in [0, 0.05) is 0 Å². The van der Waals surface area contributed by atoms with E-state index in [1.54, 1.807) is 48.5 Å². The minimum absolute atomic E-state index is 0.154. The molecule has 3 aromatic rings. The van der Waals surface area contributed by atoms with Gasteiger partial charge in [-0.1, -0.05) is 43.3 Å². The molecule has 31 heavy (non-hydrogen) atoms. The lowest BCUT2D eigenvalue weighted by Crippen LogP contribution is -2.18. The summed E-state index contributed by atoms with van der Waals surface area (Å²) in [6, 6.07) is 13.7. The van der Waals surface area contributed by atoms with Crippen molar-refractivity contribution in [1.82, 2.24) is 0 Å². The van der Waals surface area contributed by atoms with Crippen molar-refractivity contribution in [2.24, 2.45) is 0 Å². The summed E-state index contributed by atoms with van der Waals surface area (Å²) in [5, 5.41) is 0.491. The molecule has 0 saturated heterocycles. The molecule has 1 aromatic heterocycles. The molecule has 0 spiro atoms. The molecule has 0 aliphatic heterocycles. The molecule has 0 saturated carbocycles. The van der Waals surface area contributed by atoms with Gasteiger partial charge in [0.05, 0.1) is 23.7 Å². The van der Waals surface area contributed by atoms with Gasteiger partial charge in [-0.25, -0.2) is 9.59 Å². The van der Waals surface area contributed by atoms with E-state index in [-0.39, 0.29) is 23.2 Å². The number of hydrogen-bond acceptors (Lipinski definition) is 6. The highest BCUT2D eigenvalue weighted by atomic mass is 16.6. The second-order valence-corrected chi connectivity index (χ2v) is 7.12. The summed E-state index contributed by atoms with van der Waals surface area (Å²) in [5.41, 5.74) is -0.244. The first-order valence-electron chi connectivity index (χ1n) is 10.3. The Morgan fingerprint density at radius 3 is 2.52 bits per heavy atom. The highest BCUT2D eigenvalue weighted by Crippen LogP contribution is 2.37. The molecule has 0 aliphatic rings. The predicted molar refractivity (Wildman–Crippen MR) is 119 cm³/mol. The van der Waals surface area contributed by atoms with Crippen molar-refractivity contribution >= 4 is 16.9 Å². The average Bonchev–Trinajstić information content (AvgIpc) is 2.76. The minimum Gasteiger partial charge on any atom is -0.489 e. The summed E-state index contributed by atoms with van der Waals surface area (Å²) in [6.07, 6.45) is 5.53. The van der Waals surface area contributed by atoms with Crippen LogP contribution in [-0.2, 0) is 0 Å². The molecule has 0 bridgehead atoms.